The highest BCUT2D eigenvalue weighted by Gasteiger charge is 2.39. The fourth-order valence-corrected chi connectivity index (χ4v) is 8.27. The van der Waals surface area contributed by atoms with Crippen LogP contribution < -0.4 is 20.1 Å². The normalized spacial score (nSPS) is 18.6. The van der Waals surface area contributed by atoms with Gasteiger partial charge in [0.15, 0.2) is 5.65 Å². The number of morpholine rings is 1. The minimum Gasteiger partial charge on any atom is -0.487 e. The quantitative estimate of drug-likeness (QED) is 0.0706. The molecule has 0 aliphatic carbocycles. The zero-order valence-electron chi connectivity index (χ0n) is 34.9. The number of carbonyl (C=O) groups excluding carboxylic acids is 3. The molecule has 20 heteroatoms. The summed E-state index contributed by atoms with van der Waals surface area (Å²) in [5.74, 6) is 0.282. The molecule has 0 radical (unpaired) electrons. The van der Waals surface area contributed by atoms with Gasteiger partial charge >= 0.3 is 19.7 Å². The van der Waals surface area contributed by atoms with Crippen molar-refractivity contribution in [2.24, 2.45) is 5.41 Å². The number of esters is 1. The molecule has 6 rings (SSSR count). The smallest absolute Gasteiger partial charge is 0.409 e. The minimum atomic E-state index is -3.49. The molecule has 2 fully saturated rings. The van der Waals surface area contributed by atoms with E-state index in [1.807, 2.05) is 30.3 Å². The van der Waals surface area contributed by atoms with Crippen LogP contribution in [0.1, 0.15) is 38.3 Å². The Balaban J connectivity index is 1.15. The number of aromatic nitrogens is 4. The van der Waals surface area contributed by atoms with Gasteiger partial charge in [-0.1, -0.05) is 30.3 Å². The van der Waals surface area contributed by atoms with Gasteiger partial charge in [-0.15, -0.1) is 0 Å². The third kappa shape index (κ3) is 11.4. The van der Waals surface area contributed by atoms with Crippen LogP contribution in [0.2, 0.25) is 0 Å². The second-order valence-corrected chi connectivity index (χ2v) is 18.1. The van der Waals surface area contributed by atoms with Gasteiger partial charge in [-0.3, -0.25) is 24.0 Å². The summed E-state index contributed by atoms with van der Waals surface area (Å²) in [5, 5.41) is 6.20. The van der Waals surface area contributed by atoms with Crippen LogP contribution in [0, 0.1) is 5.41 Å². The van der Waals surface area contributed by atoms with Gasteiger partial charge in [0.05, 0.1) is 37.5 Å². The third-order valence-electron chi connectivity index (χ3n) is 9.64. The number of anilines is 1. The van der Waals surface area contributed by atoms with Crippen molar-refractivity contribution in [1.29, 1.82) is 0 Å². The minimum absolute atomic E-state index is 0.00786. The fourth-order valence-electron chi connectivity index (χ4n) is 6.32. The second-order valence-electron chi connectivity index (χ2n) is 15.5. The number of nitrogens with one attached hydrogen (secondary N) is 2. The maximum Gasteiger partial charge on any atom is 0.409 e. The number of ether oxygens (including phenoxy) is 5. The molecule has 60 heavy (non-hydrogen) atoms. The van der Waals surface area contributed by atoms with Gasteiger partial charge < -0.3 is 38.4 Å². The van der Waals surface area contributed by atoms with Crippen molar-refractivity contribution in [3.63, 3.8) is 0 Å². The van der Waals surface area contributed by atoms with Crippen LogP contribution in [0.25, 0.3) is 11.2 Å². The number of rotatable bonds is 16. The van der Waals surface area contributed by atoms with Gasteiger partial charge in [0.1, 0.15) is 42.2 Å². The van der Waals surface area contributed by atoms with E-state index in [-0.39, 0.29) is 44.1 Å². The summed E-state index contributed by atoms with van der Waals surface area (Å²) in [4.78, 5) is 53.6. The summed E-state index contributed by atoms with van der Waals surface area (Å²) >= 11 is 0. The average Bonchev–Trinajstić information content (AvgIpc) is 3.67. The molecular weight excluding hydrogens is 797 g/mol. The van der Waals surface area contributed by atoms with Crippen LogP contribution in [0.5, 0.6) is 11.5 Å². The summed E-state index contributed by atoms with van der Waals surface area (Å²) in [6.45, 7) is 7.93. The predicted molar refractivity (Wildman–Crippen MR) is 220 cm³/mol. The molecule has 3 unspecified atom stereocenters. The number of carbonyl (C=O) groups is 3. The van der Waals surface area contributed by atoms with E-state index >= 15 is 0 Å². The highest BCUT2D eigenvalue weighted by molar-refractivity contribution is 7.53. The van der Waals surface area contributed by atoms with Crippen LogP contribution in [0.15, 0.2) is 60.9 Å². The SMILES string of the molecule is COCCOC(=O)N1CCN(P(=O)(OCC2CNCC(n3cnc4c(COc5ccc(OC(=O)C(C)(C)C)cc5)nc(NC(=O)Cc5ccccc5)nc43)O2)N(C)C)CC1. The number of amides is 2. The fraction of sp³-hybridized carbons (Fsp3) is 0.500. The molecule has 4 aromatic rings. The Kier molecular flexibility index (Phi) is 14.9. The molecule has 2 N–H and O–H groups in total. The monoisotopic (exact) mass is 851 g/mol. The Morgan fingerprint density at radius 1 is 0.967 bits per heavy atom. The van der Waals surface area contributed by atoms with E-state index in [2.05, 4.69) is 20.6 Å². The van der Waals surface area contributed by atoms with Gasteiger partial charge in [-0.25, -0.2) is 24.1 Å². The average molecular weight is 852 g/mol. The summed E-state index contributed by atoms with van der Waals surface area (Å²) < 4.78 is 53.9. The Hall–Kier alpha value is -5.01. The first kappa shape index (κ1) is 44.5. The van der Waals surface area contributed by atoms with Crippen molar-refractivity contribution in [3.8, 4) is 11.5 Å². The second kappa shape index (κ2) is 20.0. The number of methoxy groups -OCH3 is 1. The zero-order chi connectivity index (χ0) is 42.9. The van der Waals surface area contributed by atoms with Crippen LogP contribution >= 0.6 is 7.67 Å². The molecule has 324 valence electrons. The summed E-state index contributed by atoms with van der Waals surface area (Å²) in [5.41, 5.74) is 1.42. The van der Waals surface area contributed by atoms with Crippen molar-refractivity contribution in [2.75, 3.05) is 85.6 Å². The third-order valence-corrected chi connectivity index (χ3v) is 12.3. The van der Waals surface area contributed by atoms with Gasteiger partial charge in [0, 0.05) is 46.4 Å². The molecule has 2 aromatic carbocycles. The molecule has 2 aliphatic heterocycles. The molecule has 0 spiro atoms. The van der Waals surface area contributed by atoms with Gasteiger partial charge in [-0.2, -0.15) is 4.98 Å². The summed E-state index contributed by atoms with van der Waals surface area (Å²) in [6.07, 6.45) is 0.155. The number of hydrogen-bond donors (Lipinski definition) is 2. The van der Waals surface area contributed by atoms with Crippen molar-refractivity contribution in [1.82, 2.24) is 39.1 Å². The molecule has 2 saturated heterocycles. The predicted octanol–water partition coefficient (Wildman–Crippen LogP) is 4.11. The van der Waals surface area contributed by atoms with Crippen LogP contribution in [0.4, 0.5) is 10.7 Å². The van der Waals surface area contributed by atoms with E-state index in [4.69, 9.17) is 33.2 Å². The Labute approximate surface area is 349 Å². The highest BCUT2D eigenvalue weighted by atomic mass is 31.2. The van der Waals surface area contributed by atoms with Crippen molar-refractivity contribution in [3.05, 3.63) is 72.2 Å². The molecule has 2 aliphatic rings. The number of hydrogen-bond acceptors (Lipinski definition) is 14. The molecule has 19 nitrogen and oxygen atoms in total. The van der Waals surface area contributed by atoms with E-state index in [0.29, 0.717) is 74.2 Å². The lowest BCUT2D eigenvalue weighted by molar-refractivity contribution is -0.143. The van der Waals surface area contributed by atoms with E-state index < -0.39 is 31.5 Å². The van der Waals surface area contributed by atoms with Crippen molar-refractivity contribution >= 4 is 42.8 Å². The van der Waals surface area contributed by atoms with E-state index in [9.17, 15) is 18.9 Å². The van der Waals surface area contributed by atoms with Crippen molar-refractivity contribution < 1.29 is 47.2 Å². The van der Waals surface area contributed by atoms with Gasteiger partial charge in [-0.05, 0) is 64.7 Å². The topological polar surface area (TPSA) is 201 Å². The van der Waals surface area contributed by atoms with E-state index in [0.717, 1.165) is 5.56 Å². The lowest BCUT2D eigenvalue weighted by atomic mass is 9.97. The lowest BCUT2D eigenvalue weighted by Gasteiger charge is -2.40. The molecule has 4 heterocycles. The number of nitrogens with zero attached hydrogens (tertiary/aromatic N) is 7. The standard InChI is InChI=1S/C40H54N9O10P/c1-40(2,3)37(51)59-30-14-12-29(13-15-30)56-26-32-35-36(45-38(43-32)44-33(50)22-28-10-8-7-9-11-28)49(27-42-35)34-24-41-23-31(58-34)25-57-60(53,46(4)5)48-18-16-47(17-19-48)39(52)55-21-20-54-6/h7-15,27,31,34,41H,16-26H2,1-6H3,(H,43,44,45,50). The largest absolute Gasteiger partial charge is 0.487 e. The lowest BCUT2D eigenvalue weighted by Crippen LogP contribution is -2.49. The zero-order valence-corrected chi connectivity index (χ0v) is 35.8. The molecule has 3 atom stereocenters. The van der Waals surface area contributed by atoms with E-state index in [1.165, 1.54) is 7.11 Å². The number of fused-ring (bicyclic) bond motifs is 1. The Bertz CT molecular complexity index is 2120. The number of imidazole rings is 1. The van der Waals surface area contributed by atoms with Crippen molar-refractivity contribution in [2.45, 2.75) is 46.1 Å². The van der Waals surface area contributed by atoms with E-state index in [1.54, 1.807) is 84.3 Å². The maximum absolute atomic E-state index is 14.3. The van der Waals surface area contributed by atoms with Gasteiger partial charge in [0.25, 0.3) is 0 Å². The summed E-state index contributed by atoms with van der Waals surface area (Å²) in [6, 6.07) is 16.0. The van der Waals surface area contributed by atoms with Crippen LogP contribution in [-0.2, 0) is 45.9 Å². The molecule has 0 saturated carbocycles. The molecule has 2 aromatic heterocycles. The number of piperazine rings is 1. The first-order valence-corrected chi connectivity index (χ1v) is 21.2. The molecule has 0 bridgehead atoms. The summed E-state index contributed by atoms with van der Waals surface area (Å²) in [7, 11) is 1.44. The maximum atomic E-state index is 14.3. The number of benzene rings is 2. The van der Waals surface area contributed by atoms with Crippen LogP contribution in [0.3, 0.4) is 0 Å². The Morgan fingerprint density at radius 2 is 1.68 bits per heavy atom. The Morgan fingerprint density at radius 3 is 2.37 bits per heavy atom. The molecular formula is C40H54N9O10P. The highest BCUT2D eigenvalue weighted by Crippen LogP contribution is 2.53. The van der Waals surface area contributed by atoms with Crippen LogP contribution in [-0.4, -0.2) is 138 Å². The molecule has 2 amide bonds. The first-order valence-electron chi connectivity index (χ1n) is 19.7. The first-order chi connectivity index (χ1) is 28.7. The van der Waals surface area contributed by atoms with Gasteiger partial charge in [0.2, 0.25) is 11.9 Å².